The van der Waals surface area contributed by atoms with Crippen molar-refractivity contribution in [3.8, 4) is 5.75 Å². The van der Waals surface area contributed by atoms with E-state index in [4.69, 9.17) is 28.4 Å². The molecule has 0 aliphatic carbocycles. The van der Waals surface area contributed by atoms with Gasteiger partial charge in [0.2, 0.25) is 40.7 Å². The predicted octanol–water partition coefficient (Wildman–Crippen LogP) is 2.62. The van der Waals surface area contributed by atoms with Gasteiger partial charge in [-0.25, -0.2) is 18.0 Å². The number of esters is 1. The number of ether oxygens (including phenoxy) is 7. The maximum atomic E-state index is 13.5. The maximum absolute atomic E-state index is 13.5. The number of hydrogen-bond acceptors (Lipinski definition) is 11. The van der Waals surface area contributed by atoms with E-state index in [2.05, 4.69) is 20.7 Å². The van der Waals surface area contributed by atoms with Crippen molar-refractivity contribution in [3.63, 3.8) is 0 Å². The molecule has 2 saturated heterocycles. The molecule has 3 atom stereocenters. The SMILES string of the molecule is O=C(CCCCC1SCC2NC(=O)NC21)NCCOCCOCCOCCOCCOCCOCCC(=O)Oc1c(F)c(F)c(F)c(F)c1F. The number of hydrogen-bond donors (Lipinski definition) is 3. The zero-order chi connectivity index (χ0) is 36.1. The summed E-state index contributed by atoms with van der Waals surface area (Å²) in [4.78, 5) is 35.1. The lowest BCUT2D eigenvalue weighted by molar-refractivity contribution is -0.136. The fourth-order valence-corrected chi connectivity index (χ4v) is 6.37. The molecule has 0 aromatic heterocycles. The van der Waals surface area contributed by atoms with Gasteiger partial charge in [0.15, 0.2) is 0 Å². The van der Waals surface area contributed by atoms with E-state index >= 15 is 0 Å². The summed E-state index contributed by atoms with van der Waals surface area (Å²) in [6, 6.07) is 0.328. The number of rotatable bonds is 27. The molecule has 0 saturated carbocycles. The summed E-state index contributed by atoms with van der Waals surface area (Å²) >= 11 is 1.87. The molecular weight excluding hydrogens is 701 g/mol. The average Bonchev–Trinajstić information content (AvgIpc) is 3.66. The molecule has 2 aliphatic heterocycles. The number of carbonyl (C=O) groups excluding carboxylic acids is 3. The Bertz CT molecular complexity index is 1200. The summed E-state index contributed by atoms with van der Waals surface area (Å²) in [7, 11) is 0. The van der Waals surface area contributed by atoms with Gasteiger partial charge >= 0.3 is 12.0 Å². The Morgan fingerprint density at radius 3 is 1.72 bits per heavy atom. The number of carbonyl (C=O) groups is 3. The van der Waals surface area contributed by atoms with E-state index in [-0.39, 0.29) is 50.4 Å². The van der Waals surface area contributed by atoms with Crippen LogP contribution in [0.25, 0.3) is 0 Å². The minimum absolute atomic E-state index is 0.00111. The minimum atomic E-state index is -2.35. The molecule has 0 radical (unpaired) electrons. The molecule has 13 nitrogen and oxygen atoms in total. The van der Waals surface area contributed by atoms with Gasteiger partial charge in [-0.15, -0.1) is 0 Å². The zero-order valence-electron chi connectivity index (χ0n) is 27.5. The van der Waals surface area contributed by atoms with Crippen molar-refractivity contribution < 1.29 is 69.5 Å². The van der Waals surface area contributed by atoms with Crippen LogP contribution >= 0.6 is 11.8 Å². The number of thioether (sulfide) groups is 1. The van der Waals surface area contributed by atoms with Gasteiger partial charge in [-0.1, -0.05) is 6.42 Å². The number of unbranched alkanes of at least 4 members (excludes halogenated alkanes) is 1. The van der Waals surface area contributed by atoms with Crippen molar-refractivity contribution in [1.82, 2.24) is 16.0 Å². The zero-order valence-corrected chi connectivity index (χ0v) is 28.4. The number of urea groups is 1. The molecule has 2 fully saturated rings. The van der Waals surface area contributed by atoms with Gasteiger partial charge < -0.3 is 49.1 Å². The molecule has 19 heteroatoms. The minimum Gasteiger partial charge on any atom is -0.420 e. The van der Waals surface area contributed by atoms with Crippen LogP contribution < -0.4 is 20.7 Å². The van der Waals surface area contributed by atoms with Crippen LogP contribution in [0.2, 0.25) is 0 Å². The standard InChI is InChI=1S/C31H44F5N3O10S/c32-24-25(33)27(35)30(28(36)26(24)34)49-23(41)5-7-43-9-11-45-13-15-47-17-18-48-16-14-46-12-10-44-8-6-37-22(40)4-2-1-3-21-29-20(19-50-21)38-31(42)39-29/h20-21,29H,1-19H2,(H,37,40)(H2,38,39,42). The van der Waals surface area contributed by atoms with Crippen LogP contribution in [0.1, 0.15) is 32.1 Å². The van der Waals surface area contributed by atoms with E-state index in [0.717, 1.165) is 25.0 Å². The first-order valence-corrected chi connectivity index (χ1v) is 17.4. The summed E-state index contributed by atoms with van der Waals surface area (Å²) in [6.07, 6.45) is 2.70. The molecule has 2 aliphatic rings. The van der Waals surface area contributed by atoms with Crippen LogP contribution in [0, 0.1) is 29.1 Å². The smallest absolute Gasteiger partial charge is 0.315 e. The molecule has 1 aromatic rings. The molecule has 50 heavy (non-hydrogen) atoms. The molecule has 1 aromatic carbocycles. The first-order chi connectivity index (χ1) is 24.2. The van der Waals surface area contributed by atoms with Crippen molar-refractivity contribution in [3.05, 3.63) is 29.1 Å². The van der Waals surface area contributed by atoms with Crippen LogP contribution in [-0.2, 0) is 38.0 Å². The van der Waals surface area contributed by atoms with Crippen molar-refractivity contribution in [2.75, 3.05) is 91.6 Å². The fourth-order valence-electron chi connectivity index (χ4n) is 4.82. The normalized spacial score (nSPS) is 18.2. The van der Waals surface area contributed by atoms with Gasteiger partial charge in [0.25, 0.3) is 0 Å². The van der Waals surface area contributed by atoms with Crippen molar-refractivity contribution in [1.29, 1.82) is 0 Å². The highest BCUT2D eigenvalue weighted by atomic mass is 32.2. The summed E-state index contributed by atoms with van der Waals surface area (Å²) in [5, 5.41) is 9.16. The highest BCUT2D eigenvalue weighted by molar-refractivity contribution is 8.00. The largest absolute Gasteiger partial charge is 0.420 e. The molecule has 3 rings (SSSR count). The molecule has 0 bridgehead atoms. The Kier molecular flexibility index (Phi) is 19.7. The Hall–Kier alpha value is -2.81. The second-order valence-electron chi connectivity index (χ2n) is 11.0. The third-order valence-electron chi connectivity index (χ3n) is 7.35. The highest BCUT2D eigenvalue weighted by Gasteiger charge is 2.42. The molecule has 2 heterocycles. The van der Waals surface area contributed by atoms with E-state index in [1.54, 1.807) is 0 Å². The highest BCUT2D eigenvalue weighted by Crippen LogP contribution is 2.33. The Morgan fingerprint density at radius 2 is 1.16 bits per heavy atom. The second kappa shape index (κ2) is 23.6. The van der Waals surface area contributed by atoms with Crippen LogP contribution in [0.4, 0.5) is 26.7 Å². The van der Waals surface area contributed by atoms with Gasteiger partial charge in [-0.05, 0) is 12.8 Å². The number of benzene rings is 1. The summed E-state index contributed by atoms with van der Waals surface area (Å²) in [6.45, 7) is 3.67. The molecule has 3 N–H and O–H groups in total. The molecule has 284 valence electrons. The lowest BCUT2D eigenvalue weighted by Gasteiger charge is -2.16. The van der Waals surface area contributed by atoms with Crippen molar-refractivity contribution in [2.24, 2.45) is 0 Å². The maximum Gasteiger partial charge on any atom is 0.315 e. The Morgan fingerprint density at radius 1 is 0.660 bits per heavy atom. The van der Waals surface area contributed by atoms with Gasteiger partial charge in [-0.2, -0.15) is 20.5 Å². The van der Waals surface area contributed by atoms with E-state index in [1.807, 2.05) is 11.8 Å². The molecule has 3 amide bonds. The van der Waals surface area contributed by atoms with Crippen LogP contribution in [0.5, 0.6) is 5.75 Å². The summed E-state index contributed by atoms with van der Waals surface area (Å²) in [5.41, 5.74) is 0. The lowest BCUT2D eigenvalue weighted by atomic mass is 10.0. The van der Waals surface area contributed by atoms with Crippen molar-refractivity contribution >= 4 is 29.7 Å². The quantitative estimate of drug-likeness (QED) is 0.0232. The molecule has 3 unspecified atom stereocenters. The van der Waals surface area contributed by atoms with E-state index < -0.39 is 47.2 Å². The van der Waals surface area contributed by atoms with E-state index in [9.17, 15) is 36.3 Å². The predicted molar refractivity (Wildman–Crippen MR) is 168 cm³/mol. The summed E-state index contributed by atoms with van der Waals surface area (Å²) in [5.74, 6) is -13.2. The van der Waals surface area contributed by atoms with E-state index in [1.165, 1.54) is 0 Å². The molecule has 0 spiro atoms. The van der Waals surface area contributed by atoms with E-state index in [0.29, 0.717) is 71.1 Å². The number of nitrogens with one attached hydrogen (secondary N) is 3. The van der Waals surface area contributed by atoms with Crippen LogP contribution in [0.15, 0.2) is 0 Å². The first-order valence-electron chi connectivity index (χ1n) is 16.3. The first kappa shape index (κ1) is 41.6. The third-order valence-corrected chi connectivity index (χ3v) is 8.85. The monoisotopic (exact) mass is 745 g/mol. The van der Waals surface area contributed by atoms with Crippen LogP contribution in [0.3, 0.4) is 0 Å². The average molecular weight is 746 g/mol. The lowest BCUT2D eigenvalue weighted by Crippen LogP contribution is -2.36. The Labute approximate surface area is 290 Å². The topological polar surface area (TPSA) is 152 Å². The fraction of sp³-hybridized carbons (Fsp3) is 0.710. The van der Waals surface area contributed by atoms with Gasteiger partial charge in [-0.3, -0.25) is 9.59 Å². The van der Waals surface area contributed by atoms with Gasteiger partial charge in [0.1, 0.15) is 0 Å². The Balaban J connectivity index is 0.992. The molecular formula is C31H44F5N3O10S. The second-order valence-corrected chi connectivity index (χ2v) is 12.3. The third kappa shape index (κ3) is 14.8. The van der Waals surface area contributed by atoms with Gasteiger partial charge in [0.05, 0.1) is 97.8 Å². The number of fused-ring (bicyclic) bond motifs is 1. The summed E-state index contributed by atoms with van der Waals surface area (Å²) < 4.78 is 103. The van der Waals surface area contributed by atoms with Gasteiger partial charge in [0, 0.05) is 24.0 Å². The van der Waals surface area contributed by atoms with Crippen molar-refractivity contribution in [2.45, 2.75) is 49.4 Å². The van der Waals surface area contributed by atoms with Crippen LogP contribution in [-0.4, -0.2) is 127 Å². The number of amides is 3. The number of halogens is 5.